The van der Waals surface area contributed by atoms with Gasteiger partial charge in [0.1, 0.15) is 0 Å². The van der Waals surface area contributed by atoms with Crippen molar-refractivity contribution in [1.29, 1.82) is 0 Å². The summed E-state index contributed by atoms with van der Waals surface area (Å²) in [6, 6.07) is 0. The van der Waals surface area contributed by atoms with Gasteiger partial charge in [-0.15, -0.1) is 0 Å². The standard InChI is InChI=1S/C11H21NO4/c1-5-16-7-6-12(4)9(13)8-11(2,3)10(14)15/h5-8H2,1-4H3,(H,14,15). The second-order valence-corrected chi connectivity index (χ2v) is 4.38. The molecule has 0 aromatic carbocycles. The second-order valence-electron chi connectivity index (χ2n) is 4.38. The normalized spacial score (nSPS) is 11.2. The van der Waals surface area contributed by atoms with Gasteiger partial charge in [-0.2, -0.15) is 0 Å². The molecule has 0 atom stereocenters. The lowest BCUT2D eigenvalue weighted by Crippen LogP contribution is -2.36. The summed E-state index contributed by atoms with van der Waals surface area (Å²) in [6.07, 6.45) is 0.00492. The molecule has 0 saturated heterocycles. The molecule has 0 saturated carbocycles. The topological polar surface area (TPSA) is 66.8 Å². The van der Waals surface area contributed by atoms with E-state index in [9.17, 15) is 9.59 Å². The van der Waals surface area contributed by atoms with E-state index in [0.29, 0.717) is 19.8 Å². The lowest BCUT2D eigenvalue weighted by atomic mass is 9.89. The smallest absolute Gasteiger partial charge is 0.309 e. The van der Waals surface area contributed by atoms with E-state index in [0.717, 1.165) is 0 Å². The van der Waals surface area contributed by atoms with Crippen molar-refractivity contribution in [2.45, 2.75) is 27.2 Å². The van der Waals surface area contributed by atoms with Crippen LogP contribution in [0.25, 0.3) is 0 Å². The van der Waals surface area contributed by atoms with Crippen molar-refractivity contribution in [3.05, 3.63) is 0 Å². The van der Waals surface area contributed by atoms with Crippen molar-refractivity contribution in [1.82, 2.24) is 4.90 Å². The minimum absolute atomic E-state index is 0.00492. The van der Waals surface area contributed by atoms with E-state index in [1.54, 1.807) is 20.9 Å². The van der Waals surface area contributed by atoms with Crippen molar-refractivity contribution in [2.24, 2.45) is 5.41 Å². The van der Waals surface area contributed by atoms with Crippen LogP contribution < -0.4 is 0 Å². The van der Waals surface area contributed by atoms with Crippen LogP contribution in [0.5, 0.6) is 0 Å². The maximum Gasteiger partial charge on any atom is 0.309 e. The van der Waals surface area contributed by atoms with Gasteiger partial charge in [-0.3, -0.25) is 9.59 Å². The lowest BCUT2D eigenvalue weighted by Gasteiger charge is -2.23. The first-order chi connectivity index (χ1) is 7.31. The summed E-state index contributed by atoms with van der Waals surface area (Å²) in [5.74, 6) is -1.13. The summed E-state index contributed by atoms with van der Waals surface area (Å²) >= 11 is 0. The Bertz CT molecular complexity index is 250. The molecule has 0 aliphatic heterocycles. The van der Waals surface area contributed by atoms with Gasteiger partial charge < -0.3 is 14.7 Å². The third-order valence-corrected chi connectivity index (χ3v) is 2.37. The Hall–Kier alpha value is -1.10. The average Bonchev–Trinajstić information content (AvgIpc) is 2.17. The van der Waals surface area contributed by atoms with Crippen LogP contribution in [-0.2, 0) is 14.3 Å². The maximum absolute atomic E-state index is 11.7. The monoisotopic (exact) mass is 231 g/mol. The molecule has 5 nitrogen and oxygen atoms in total. The van der Waals surface area contributed by atoms with Gasteiger partial charge in [-0.25, -0.2) is 0 Å². The first-order valence-corrected chi connectivity index (χ1v) is 5.36. The molecule has 0 fully saturated rings. The number of carboxylic acid groups (broad SMARTS) is 1. The summed E-state index contributed by atoms with van der Waals surface area (Å²) < 4.78 is 5.12. The SMILES string of the molecule is CCOCCN(C)C(=O)CC(C)(C)C(=O)O. The van der Waals surface area contributed by atoms with E-state index in [1.807, 2.05) is 6.92 Å². The molecule has 0 rings (SSSR count). The zero-order valence-electron chi connectivity index (χ0n) is 10.4. The van der Waals surface area contributed by atoms with E-state index in [-0.39, 0.29) is 12.3 Å². The minimum atomic E-state index is -1.02. The highest BCUT2D eigenvalue weighted by molar-refractivity contribution is 5.84. The van der Waals surface area contributed by atoms with E-state index < -0.39 is 11.4 Å². The summed E-state index contributed by atoms with van der Waals surface area (Å²) in [7, 11) is 1.65. The van der Waals surface area contributed by atoms with Crippen LogP contribution in [-0.4, -0.2) is 48.7 Å². The zero-order chi connectivity index (χ0) is 12.8. The molecular weight excluding hydrogens is 210 g/mol. The van der Waals surface area contributed by atoms with Crippen LogP contribution in [0.4, 0.5) is 0 Å². The first-order valence-electron chi connectivity index (χ1n) is 5.36. The summed E-state index contributed by atoms with van der Waals surface area (Å²) in [5.41, 5.74) is -1.02. The van der Waals surface area contributed by atoms with Crippen molar-refractivity contribution >= 4 is 11.9 Å². The number of likely N-dealkylation sites (N-methyl/N-ethyl adjacent to an activating group) is 1. The van der Waals surface area contributed by atoms with Gasteiger partial charge in [-0.1, -0.05) is 0 Å². The Morgan fingerprint density at radius 1 is 1.38 bits per heavy atom. The van der Waals surface area contributed by atoms with Gasteiger partial charge in [0.25, 0.3) is 0 Å². The third kappa shape index (κ3) is 5.11. The Balaban J connectivity index is 4.10. The molecule has 1 N–H and O–H groups in total. The Morgan fingerprint density at radius 2 is 1.94 bits per heavy atom. The molecule has 0 radical (unpaired) electrons. The number of hydrogen-bond donors (Lipinski definition) is 1. The molecule has 94 valence electrons. The molecule has 0 aromatic heterocycles. The number of rotatable bonds is 7. The number of aliphatic carboxylic acids is 1. The van der Waals surface area contributed by atoms with Crippen LogP contribution in [0, 0.1) is 5.41 Å². The number of carboxylic acids is 1. The van der Waals surface area contributed by atoms with Crippen LogP contribution in [0.15, 0.2) is 0 Å². The molecule has 1 amide bonds. The van der Waals surface area contributed by atoms with E-state index in [1.165, 1.54) is 4.90 Å². The fourth-order valence-corrected chi connectivity index (χ4v) is 1.06. The molecular formula is C11H21NO4. The molecule has 0 bridgehead atoms. The van der Waals surface area contributed by atoms with Gasteiger partial charge in [0.05, 0.1) is 12.0 Å². The number of carbonyl (C=O) groups is 2. The fourth-order valence-electron chi connectivity index (χ4n) is 1.06. The number of nitrogens with zero attached hydrogens (tertiary/aromatic N) is 1. The highest BCUT2D eigenvalue weighted by Crippen LogP contribution is 2.21. The highest BCUT2D eigenvalue weighted by atomic mass is 16.5. The first kappa shape index (κ1) is 14.9. The zero-order valence-corrected chi connectivity index (χ0v) is 10.4. The Kier molecular flexibility index (Phi) is 6.03. The fraction of sp³-hybridized carbons (Fsp3) is 0.818. The van der Waals surface area contributed by atoms with E-state index >= 15 is 0 Å². The van der Waals surface area contributed by atoms with Crippen LogP contribution in [0.1, 0.15) is 27.2 Å². The van der Waals surface area contributed by atoms with Crippen molar-refractivity contribution in [2.75, 3.05) is 26.8 Å². The molecule has 0 aliphatic rings. The van der Waals surface area contributed by atoms with Crippen molar-refractivity contribution in [3.8, 4) is 0 Å². The molecule has 0 heterocycles. The van der Waals surface area contributed by atoms with Crippen LogP contribution >= 0.6 is 0 Å². The number of amides is 1. The van der Waals surface area contributed by atoms with Crippen molar-refractivity contribution in [3.63, 3.8) is 0 Å². The summed E-state index contributed by atoms with van der Waals surface area (Å²) in [5, 5.41) is 8.89. The van der Waals surface area contributed by atoms with Gasteiger partial charge in [-0.05, 0) is 20.8 Å². The maximum atomic E-state index is 11.7. The predicted octanol–water partition coefficient (Wildman–Crippen LogP) is 0.982. The highest BCUT2D eigenvalue weighted by Gasteiger charge is 2.31. The lowest BCUT2D eigenvalue weighted by molar-refractivity contribution is -0.151. The van der Waals surface area contributed by atoms with Crippen LogP contribution in [0.2, 0.25) is 0 Å². The molecule has 5 heteroatoms. The summed E-state index contributed by atoms with van der Waals surface area (Å²) in [4.78, 5) is 24.0. The van der Waals surface area contributed by atoms with Gasteiger partial charge in [0.2, 0.25) is 5.91 Å². The largest absolute Gasteiger partial charge is 0.481 e. The van der Waals surface area contributed by atoms with Crippen molar-refractivity contribution < 1.29 is 19.4 Å². The number of carbonyl (C=O) groups excluding carboxylic acids is 1. The van der Waals surface area contributed by atoms with Crippen LogP contribution in [0.3, 0.4) is 0 Å². The molecule has 0 aliphatic carbocycles. The van der Waals surface area contributed by atoms with Gasteiger partial charge in [0, 0.05) is 26.6 Å². The number of hydrogen-bond acceptors (Lipinski definition) is 3. The third-order valence-electron chi connectivity index (χ3n) is 2.37. The molecule has 0 aromatic rings. The van der Waals surface area contributed by atoms with E-state index in [2.05, 4.69) is 0 Å². The van der Waals surface area contributed by atoms with Gasteiger partial charge >= 0.3 is 5.97 Å². The quantitative estimate of drug-likeness (QED) is 0.663. The second kappa shape index (κ2) is 6.48. The molecule has 0 unspecified atom stereocenters. The number of ether oxygens (including phenoxy) is 1. The summed E-state index contributed by atoms with van der Waals surface area (Å²) in [6.45, 7) is 6.56. The molecule has 0 spiro atoms. The van der Waals surface area contributed by atoms with E-state index in [4.69, 9.17) is 9.84 Å². The Morgan fingerprint density at radius 3 is 2.38 bits per heavy atom. The average molecular weight is 231 g/mol. The minimum Gasteiger partial charge on any atom is -0.481 e. The predicted molar refractivity (Wildman–Crippen MR) is 60.2 cm³/mol. The van der Waals surface area contributed by atoms with Gasteiger partial charge in [0.15, 0.2) is 0 Å². The molecule has 16 heavy (non-hydrogen) atoms. The Labute approximate surface area is 96.4 Å².